The maximum Gasteiger partial charge on any atom is 0.333 e. The van der Waals surface area contributed by atoms with Gasteiger partial charge in [0, 0.05) is 32.7 Å². The van der Waals surface area contributed by atoms with Gasteiger partial charge in [-0.05, 0) is 17.7 Å². The highest BCUT2D eigenvalue weighted by Gasteiger charge is 2.12. The van der Waals surface area contributed by atoms with E-state index < -0.39 is 17.1 Å². The first-order valence-electron chi connectivity index (χ1n) is 5.90. The Morgan fingerprint density at radius 2 is 1.90 bits per heavy atom. The van der Waals surface area contributed by atoms with Crippen molar-refractivity contribution >= 4 is 6.21 Å². The van der Waals surface area contributed by atoms with E-state index in [0.717, 1.165) is 14.7 Å². The van der Waals surface area contributed by atoms with E-state index in [1.807, 2.05) is 0 Å². The van der Waals surface area contributed by atoms with Gasteiger partial charge in [0.1, 0.15) is 5.56 Å². The zero-order valence-electron chi connectivity index (χ0n) is 11.1. The first kappa shape index (κ1) is 13.7. The Kier molecular flexibility index (Phi) is 3.79. The Morgan fingerprint density at radius 3 is 2.55 bits per heavy atom. The van der Waals surface area contributed by atoms with Crippen LogP contribution < -0.4 is 11.2 Å². The number of aromatic nitrogens is 3. The van der Waals surface area contributed by atoms with Crippen molar-refractivity contribution < 1.29 is 5.11 Å². The van der Waals surface area contributed by atoms with Gasteiger partial charge < -0.3 is 5.11 Å². The van der Waals surface area contributed by atoms with Gasteiger partial charge in [-0.1, -0.05) is 0 Å². The normalized spacial score (nSPS) is 11.1. The summed E-state index contributed by atoms with van der Waals surface area (Å²) in [5.41, 5.74) is -0.246. The van der Waals surface area contributed by atoms with Gasteiger partial charge in [0.2, 0.25) is 5.88 Å². The third kappa shape index (κ3) is 2.51. The number of rotatable bonds is 3. The van der Waals surface area contributed by atoms with E-state index in [1.165, 1.54) is 20.3 Å². The number of hydrogen-bond donors (Lipinski definition) is 1. The van der Waals surface area contributed by atoms with Crippen LogP contribution in [-0.4, -0.2) is 25.4 Å². The second-order valence-corrected chi connectivity index (χ2v) is 4.27. The van der Waals surface area contributed by atoms with Crippen molar-refractivity contribution in [2.45, 2.75) is 6.54 Å². The molecular weight excluding hydrogens is 260 g/mol. The molecule has 2 aromatic heterocycles. The van der Waals surface area contributed by atoms with Crippen molar-refractivity contribution in [2.24, 2.45) is 19.1 Å². The summed E-state index contributed by atoms with van der Waals surface area (Å²) in [6.07, 6.45) is 4.57. The second kappa shape index (κ2) is 5.52. The molecule has 2 rings (SSSR count). The molecule has 7 heteroatoms. The van der Waals surface area contributed by atoms with E-state index in [2.05, 4.69) is 9.98 Å². The fourth-order valence-electron chi connectivity index (χ4n) is 1.70. The third-order valence-corrected chi connectivity index (χ3v) is 2.91. The first-order valence-corrected chi connectivity index (χ1v) is 5.90. The fourth-order valence-corrected chi connectivity index (χ4v) is 1.70. The van der Waals surface area contributed by atoms with Gasteiger partial charge in [0.25, 0.3) is 5.56 Å². The van der Waals surface area contributed by atoms with Gasteiger partial charge in [-0.2, -0.15) is 0 Å². The minimum atomic E-state index is -0.584. The molecule has 0 aliphatic carbocycles. The van der Waals surface area contributed by atoms with Crippen LogP contribution in [0.2, 0.25) is 0 Å². The Balaban J connectivity index is 2.35. The number of pyridine rings is 1. The lowest BCUT2D eigenvalue weighted by Gasteiger charge is -2.06. The van der Waals surface area contributed by atoms with E-state index in [9.17, 15) is 14.7 Å². The van der Waals surface area contributed by atoms with Crippen LogP contribution in [0.3, 0.4) is 0 Å². The number of aliphatic imine (C=N–C) groups is 1. The molecule has 2 heterocycles. The van der Waals surface area contributed by atoms with E-state index in [-0.39, 0.29) is 5.56 Å². The standard InChI is InChI=1S/C13H14N4O3/c1-16-11(18)10(12(19)17(2)13(16)20)8-15-7-9-3-5-14-6-4-9/h3-6,8,18H,7H2,1-2H3. The van der Waals surface area contributed by atoms with Crippen LogP contribution in [0.1, 0.15) is 11.1 Å². The predicted molar refractivity (Wildman–Crippen MR) is 74.1 cm³/mol. The van der Waals surface area contributed by atoms with Crippen molar-refractivity contribution in [1.29, 1.82) is 0 Å². The SMILES string of the molecule is Cn1c(O)c(C=NCc2ccncc2)c(=O)n(C)c1=O. The molecule has 0 aromatic carbocycles. The molecule has 0 atom stereocenters. The Labute approximate surface area is 114 Å². The number of hydrogen-bond acceptors (Lipinski definition) is 5. The fraction of sp³-hybridized carbons (Fsp3) is 0.231. The van der Waals surface area contributed by atoms with Gasteiger partial charge in [0.05, 0.1) is 6.54 Å². The van der Waals surface area contributed by atoms with E-state index >= 15 is 0 Å². The molecule has 1 N–H and O–H groups in total. The van der Waals surface area contributed by atoms with Gasteiger partial charge in [0.15, 0.2) is 0 Å². The Hall–Kier alpha value is -2.70. The van der Waals surface area contributed by atoms with Crippen LogP contribution in [0.25, 0.3) is 0 Å². The summed E-state index contributed by atoms with van der Waals surface area (Å²) in [6, 6.07) is 3.60. The monoisotopic (exact) mass is 274 g/mol. The molecule has 0 saturated carbocycles. The van der Waals surface area contributed by atoms with E-state index in [4.69, 9.17) is 0 Å². The van der Waals surface area contributed by atoms with Crippen molar-refractivity contribution in [3.63, 3.8) is 0 Å². The molecule has 0 fully saturated rings. The molecule has 2 aromatic rings. The molecule has 20 heavy (non-hydrogen) atoms. The maximum atomic E-state index is 11.9. The van der Waals surface area contributed by atoms with Crippen molar-refractivity contribution in [3.8, 4) is 5.88 Å². The second-order valence-electron chi connectivity index (χ2n) is 4.27. The lowest BCUT2D eigenvalue weighted by Crippen LogP contribution is -2.38. The van der Waals surface area contributed by atoms with Crippen LogP contribution in [0.15, 0.2) is 39.1 Å². The van der Waals surface area contributed by atoms with Gasteiger partial charge in [-0.25, -0.2) is 4.79 Å². The highest BCUT2D eigenvalue weighted by atomic mass is 16.3. The molecule has 0 bridgehead atoms. The van der Waals surface area contributed by atoms with Crippen molar-refractivity contribution in [2.75, 3.05) is 0 Å². The quantitative estimate of drug-likeness (QED) is 0.785. The minimum absolute atomic E-state index is 0.0105. The first-order chi connectivity index (χ1) is 9.52. The highest BCUT2D eigenvalue weighted by Crippen LogP contribution is 2.06. The summed E-state index contributed by atoms with van der Waals surface area (Å²) in [7, 11) is 2.74. The minimum Gasteiger partial charge on any atom is -0.494 e. The van der Waals surface area contributed by atoms with Gasteiger partial charge in [-0.15, -0.1) is 0 Å². The largest absolute Gasteiger partial charge is 0.494 e. The van der Waals surface area contributed by atoms with Crippen LogP contribution in [0, 0.1) is 0 Å². The summed E-state index contributed by atoms with van der Waals surface area (Å²) in [4.78, 5) is 31.5. The molecule has 0 saturated heterocycles. The van der Waals surface area contributed by atoms with Crippen molar-refractivity contribution in [3.05, 3.63) is 56.5 Å². The molecule has 0 unspecified atom stereocenters. The molecule has 7 nitrogen and oxygen atoms in total. The smallest absolute Gasteiger partial charge is 0.333 e. The molecular formula is C13H14N4O3. The lowest BCUT2D eigenvalue weighted by molar-refractivity contribution is 0.410. The van der Waals surface area contributed by atoms with Crippen LogP contribution in [-0.2, 0) is 20.6 Å². The zero-order valence-corrected chi connectivity index (χ0v) is 11.1. The topological polar surface area (TPSA) is 89.5 Å². The number of aromatic hydroxyl groups is 1. The Bertz CT molecular complexity index is 760. The Morgan fingerprint density at radius 1 is 1.25 bits per heavy atom. The lowest BCUT2D eigenvalue weighted by atomic mass is 10.3. The molecule has 0 aliphatic heterocycles. The zero-order chi connectivity index (χ0) is 14.7. The predicted octanol–water partition coefficient (Wildman–Crippen LogP) is -0.196. The third-order valence-electron chi connectivity index (χ3n) is 2.91. The number of nitrogens with zero attached hydrogens (tertiary/aromatic N) is 4. The molecule has 0 aliphatic rings. The summed E-state index contributed by atoms with van der Waals surface area (Å²) in [5.74, 6) is -0.392. The summed E-state index contributed by atoms with van der Waals surface area (Å²) < 4.78 is 1.92. The van der Waals surface area contributed by atoms with Crippen LogP contribution in [0.5, 0.6) is 5.88 Å². The molecule has 0 spiro atoms. The van der Waals surface area contributed by atoms with Gasteiger partial charge in [-0.3, -0.25) is 23.9 Å². The van der Waals surface area contributed by atoms with E-state index in [1.54, 1.807) is 24.5 Å². The van der Waals surface area contributed by atoms with E-state index in [0.29, 0.717) is 6.54 Å². The average molecular weight is 274 g/mol. The highest BCUT2D eigenvalue weighted by molar-refractivity contribution is 5.81. The van der Waals surface area contributed by atoms with Gasteiger partial charge >= 0.3 is 5.69 Å². The van der Waals surface area contributed by atoms with Crippen molar-refractivity contribution in [1.82, 2.24) is 14.1 Å². The maximum absolute atomic E-state index is 11.9. The average Bonchev–Trinajstić information content (AvgIpc) is 2.48. The van der Waals surface area contributed by atoms with Crippen LogP contribution >= 0.6 is 0 Å². The molecule has 0 radical (unpaired) electrons. The summed E-state index contributed by atoms with van der Waals surface area (Å²) in [6.45, 7) is 0.355. The van der Waals surface area contributed by atoms with Crippen LogP contribution in [0.4, 0.5) is 0 Å². The summed E-state index contributed by atoms with van der Waals surface area (Å²) in [5, 5.41) is 9.83. The molecule has 0 amide bonds. The summed E-state index contributed by atoms with van der Waals surface area (Å²) >= 11 is 0. The molecule has 104 valence electrons.